The van der Waals surface area contributed by atoms with Crippen LogP contribution in [0.5, 0.6) is 0 Å². The molecule has 2 heterocycles. The van der Waals surface area contributed by atoms with Crippen LogP contribution >= 0.6 is 11.3 Å². The zero-order chi connectivity index (χ0) is 21.8. The number of carbonyl (C=O) groups excluding carboxylic acids is 2. The van der Waals surface area contributed by atoms with E-state index in [1.807, 2.05) is 24.3 Å². The Bertz CT molecular complexity index is 1220. The maximum absolute atomic E-state index is 13.6. The minimum absolute atomic E-state index is 0.0000109. The van der Waals surface area contributed by atoms with Crippen LogP contribution in [0.15, 0.2) is 59.0 Å². The Morgan fingerprint density at radius 3 is 2.68 bits per heavy atom. The molecule has 0 aliphatic carbocycles. The molecule has 0 bridgehead atoms. The molecule has 4 rings (SSSR count). The van der Waals surface area contributed by atoms with Crippen molar-refractivity contribution in [3.05, 3.63) is 77.6 Å². The van der Waals surface area contributed by atoms with E-state index in [1.165, 1.54) is 11.3 Å². The molecule has 0 saturated carbocycles. The smallest absolute Gasteiger partial charge is 0.254 e. The lowest BCUT2D eigenvalue weighted by Crippen LogP contribution is -2.30. The fourth-order valence-electron chi connectivity index (χ4n) is 2.90. The number of amides is 2. The van der Waals surface area contributed by atoms with E-state index in [9.17, 15) is 18.4 Å². The number of hydrogen-bond acceptors (Lipinski definition) is 5. The number of carbonyl (C=O) groups is 2. The molecule has 0 aliphatic heterocycles. The molecule has 0 unspecified atom stereocenters. The number of furan rings is 1. The fourth-order valence-corrected chi connectivity index (χ4v) is 3.83. The quantitative estimate of drug-likeness (QED) is 0.449. The predicted molar refractivity (Wildman–Crippen MR) is 112 cm³/mol. The monoisotopic (exact) mass is 441 g/mol. The first-order valence-electron chi connectivity index (χ1n) is 9.44. The number of rotatable bonds is 7. The summed E-state index contributed by atoms with van der Waals surface area (Å²) in [7, 11) is 0. The van der Waals surface area contributed by atoms with Gasteiger partial charge in [-0.05, 0) is 36.4 Å². The summed E-state index contributed by atoms with van der Waals surface area (Å²) in [5.74, 6) is -1.55. The van der Waals surface area contributed by atoms with Crippen molar-refractivity contribution < 1.29 is 22.8 Å². The van der Waals surface area contributed by atoms with E-state index in [-0.39, 0.29) is 31.0 Å². The molecule has 0 spiro atoms. The highest BCUT2D eigenvalue weighted by atomic mass is 32.1. The zero-order valence-corrected chi connectivity index (χ0v) is 17.0. The first-order chi connectivity index (χ1) is 15.0. The number of thiazole rings is 1. The molecule has 0 aliphatic rings. The second-order valence-corrected chi connectivity index (χ2v) is 7.69. The Kier molecular flexibility index (Phi) is 6.03. The van der Waals surface area contributed by atoms with Crippen LogP contribution in [-0.2, 0) is 11.3 Å². The van der Waals surface area contributed by atoms with Gasteiger partial charge in [0.05, 0.1) is 22.3 Å². The van der Waals surface area contributed by atoms with E-state index in [4.69, 9.17) is 4.42 Å². The molecule has 158 valence electrons. The van der Waals surface area contributed by atoms with Crippen molar-refractivity contribution in [1.82, 2.24) is 15.6 Å². The molecular formula is C22H17F2N3O3S. The Morgan fingerprint density at radius 2 is 1.87 bits per heavy atom. The number of nitrogens with zero attached hydrogens (tertiary/aromatic N) is 1. The standard InChI is InChI=1S/C22H17F2N3O3S/c23-13-5-7-15(16(24)11-13)21(29)25-10-9-20(28)26-12-14-6-8-18(30-14)22-27-17-3-1-2-4-19(17)31-22/h1-8,11H,9-10,12H2,(H,25,29)(H,26,28). The van der Waals surface area contributed by atoms with Gasteiger partial charge in [0.25, 0.3) is 5.91 Å². The average molecular weight is 441 g/mol. The topological polar surface area (TPSA) is 84.2 Å². The van der Waals surface area contributed by atoms with Gasteiger partial charge in [0.15, 0.2) is 10.8 Å². The molecular weight excluding hydrogens is 424 g/mol. The lowest BCUT2D eigenvalue weighted by molar-refractivity contribution is -0.121. The minimum Gasteiger partial charge on any atom is -0.457 e. The highest BCUT2D eigenvalue weighted by molar-refractivity contribution is 7.21. The lowest BCUT2D eigenvalue weighted by Gasteiger charge is -2.07. The average Bonchev–Trinajstić information content (AvgIpc) is 3.39. The van der Waals surface area contributed by atoms with Gasteiger partial charge < -0.3 is 15.1 Å². The van der Waals surface area contributed by atoms with Crippen LogP contribution in [0, 0.1) is 11.6 Å². The second kappa shape index (κ2) is 9.05. The van der Waals surface area contributed by atoms with Gasteiger partial charge in [0, 0.05) is 19.0 Å². The SMILES string of the molecule is O=C(CCNC(=O)c1ccc(F)cc1F)NCc1ccc(-c2nc3ccccc3s2)o1. The summed E-state index contributed by atoms with van der Waals surface area (Å²) in [6, 6.07) is 14.0. The van der Waals surface area contributed by atoms with Crippen molar-refractivity contribution in [3.8, 4) is 10.8 Å². The third kappa shape index (κ3) is 4.95. The van der Waals surface area contributed by atoms with Crippen LogP contribution < -0.4 is 10.6 Å². The normalized spacial score (nSPS) is 10.9. The molecule has 0 radical (unpaired) electrons. The number of halogens is 2. The summed E-state index contributed by atoms with van der Waals surface area (Å²) >= 11 is 1.52. The van der Waals surface area contributed by atoms with E-state index in [0.717, 1.165) is 27.4 Å². The largest absolute Gasteiger partial charge is 0.457 e. The predicted octanol–water partition coefficient (Wildman–Crippen LogP) is 4.27. The van der Waals surface area contributed by atoms with Crippen molar-refractivity contribution in [2.75, 3.05) is 6.54 Å². The van der Waals surface area contributed by atoms with Gasteiger partial charge in [-0.1, -0.05) is 12.1 Å². The summed E-state index contributed by atoms with van der Waals surface area (Å²) in [5, 5.41) is 5.89. The summed E-state index contributed by atoms with van der Waals surface area (Å²) in [5.41, 5.74) is 0.621. The van der Waals surface area contributed by atoms with E-state index >= 15 is 0 Å². The number of hydrogen-bond donors (Lipinski definition) is 2. The molecule has 2 N–H and O–H groups in total. The number of para-hydroxylation sites is 1. The molecule has 0 saturated heterocycles. The van der Waals surface area contributed by atoms with Gasteiger partial charge in [-0.15, -0.1) is 11.3 Å². The van der Waals surface area contributed by atoms with Crippen molar-refractivity contribution in [3.63, 3.8) is 0 Å². The highest BCUT2D eigenvalue weighted by Gasteiger charge is 2.13. The fraction of sp³-hybridized carbons (Fsp3) is 0.136. The Morgan fingerprint density at radius 1 is 1.03 bits per heavy atom. The van der Waals surface area contributed by atoms with E-state index < -0.39 is 17.5 Å². The molecule has 2 amide bonds. The van der Waals surface area contributed by atoms with E-state index in [0.29, 0.717) is 17.6 Å². The van der Waals surface area contributed by atoms with Crippen LogP contribution in [0.3, 0.4) is 0 Å². The van der Waals surface area contributed by atoms with Crippen LogP contribution in [0.2, 0.25) is 0 Å². The third-order valence-corrected chi connectivity index (χ3v) is 5.49. The van der Waals surface area contributed by atoms with Crippen LogP contribution in [0.25, 0.3) is 21.0 Å². The Hall–Kier alpha value is -3.59. The van der Waals surface area contributed by atoms with Gasteiger partial charge >= 0.3 is 0 Å². The number of aromatic nitrogens is 1. The molecule has 4 aromatic rings. The number of fused-ring (bicyclic) bond motifs is 1. The van der Waals surface area contributed by atoms with Gasteiger partial charge in [0.2, 0.25) is 5.91 Å². The van der Waals surface area contributed by atoms with Gasteiger partial charge in [-0.2, -0.15) is 0 Å². The molecule has 9 heteroatoms. The minimum atomic E-state index is -0.955. The first kappa shape index (κ1) is 20.7. The van der Waals surface area contributed by atoms with Crippen molar-refractivity contribution in [2.45, 2.75) is 13.0 Å². The van der Waals surface area contributed by atoms with Crippen LogP contribution in [0.4, 0.5) is 8.78 Å². The van der Waals surface area contributed by atoms with Crippen LogP contribution in [0.1, 0.15) is 22.5 Å². The zero-order valence-electron chi connectivity index (χ0n) is 16.2. The van der Waals surface area contributed by atoms with E-state index in [1.54, 1.807) is 12.1 Å². The van der Waals surface area contributed by atoms with Gasteiger partial charge in [-0.25, -0.2) is 13.8 Å². The second-order valence-electron chi connectivity index (χ2n) is 6.66. The summed E-state index contributed by atoms with van der Waals surface area (Å²) in [6.45, 7) is 0.195. The summed E-state index contributed by atoms with van der Waals surface area (Å²) in [4.78, 5) is 28.5. The highest BCUT2D eigenvalue weighted by Crippen LogP contribution is 2.31. The molecule has 0 atom stereocenters. The first-order valence-corrected chi connectivity index (χ1v) is 10.3. The number of nitrogens with one attached hydrogen (secondary N) is 2. The van der Waals surface area contributed by atoms with Gasteiger partial charge in [-0.3, -0.25) is 9.59 Å². The van der Waals surface area contributed by atoms with Gasteiger partial charge in [0.1, 0.15) is 17.4 Å². The molecule has 0 fully saturated rings. The summed E-state index contributed by atoms with van der Waals surface area (Å²) in [6.07, 6.45) is -0.0000109. The Labute approximate surface area is 179 Å². The van der Waals surface area contributed by atoms with Crippen molar-refractivity contribution in [2.24, 2.45) is 0 Å². The Balaban J connectivity index is 1.25. The number of benzene rings is 2. The maximum atomic E-state index is 13.6. The van der Waals surface area contributed by atoms with E-state index in [2.05, 4.69) is 15.6 Å². The molecule has 2 aromatic carbocycles. The molecule has 6 nitrogen and oxygen atoms in total. The van der Waals surface area contributed by atoms with Crippen molar-refractivity contribution in [1.29, 1.82) is 0 Å². The van der Waals surface area contributed by atoms with Crippen molar-refractivity contribution >= 4 is 33.4 Å². The lowest BCUT2D eigenvalue weighted by atomic mass is 10.2. The summed E-state index contributed by atoms with van der Waals surface area (Å²) < 4.78 is 33.3. The van der Waals surface area contributed by atoms with Crippen LogP contribution in [-0.4, -0.2) is 23.3 Å². The molecule has 31 heavy (non-hydrogen) atoms. The molecule has 2 aromatic heterocycles. The maximum Gasteiger partial charge on any atom is 0.254 e. The third-order valence-electron chi connectivity index (χ3n) is 4.44.